The van der Waals surface area contributed by atoms with Crippen LogP contribution in [0.4, 0.5) is 0 Å². The Labute approximate surface area is 112 Å². The van der Waals surface area contributed by atoms with E-state index in [2.05, 4.69) is 4.90 Å². The van der Waals surface area contributed by atoms with Crippen LogP contribution in [0.2, 0.25) is 5.02 Å². The molecule has 1 fully saturated rings. The molecule has 1 aromatic rings. The third-order valence-electron chi connectivity index (χ3n) is 3.66. The summed E-state index contributed by atoms with van der Waals surface area (Å²) >= 11 is 6.08. The van der Waals surface area contributed by atoms with E-state index in [9.17, 15) is 9.90 Å². The van der Waals surface area contributed by atoms with E-state index in [0.717, 1.165) is 37.1 Å². The molecule has 1 atom stereocenters. The maximum Gasteiger partial charge on any atom is 0.321 e. The van der Waals surface area contributed by atoms with Gasteiger partial charge in [-0.3, -0.25) is 9.69 Å². The Morgan fingerprint density at radius 2 is 2.11 bits per heavy atom. The van der Waals surface area contributed by atoms with Crippen LogP contribution < -0.4 is 0 Å². The Balaban J connectivity index is 2.18. The average molecular weight is 268 g/mol. The van der Waals surface area contributed by atoms with Crippen LogP contribution >= 0.6 is 11.6 Å². The molecule has 1 heterocycles. The van der Waals surface area contributed by atoms with Gasteiger partial charge in [-0.1, -0.05) is 23.7 Å². The summed E-state index contributed by atoms with van der Waals surface area (Å²) < 4.78 is 0. The zero-order valence-electron chi connectivity index (χ0n) is 10.5. The predicted octanol–water partition coefficient (Wildman–Crippen LogP) is 2.74. The molecule has 0 aliphatic carbocycles. The fourth-order valence-corrected chi connectivity index (χ4v) is 2.70. The Morgan fingerprint density at radius 3 is 2.72 bits per heavy atom. The Bertz CT molecular complexity index is 441. The zero-order valence-corrected chi connectivity index (χ0v) is 11.3. The summed E-state index contributed by atoms with van der Waals surface area (Å²) in [5.41, 5.74) is 2.02. The lowest BCUT2D eigenvalue weighted by Crippen LogP contribution is -2.41. The largest absolute Gasteiger partial charge is 0.480 e. The Hall–Kier alpha value is -1.06. The molecule has 0 radical (unpaired) electrons. The summed E-state index contributed by atoms with van der Waals surface area (Å²) in [4.78, 5) is 13.5. The normalized spacial score (nSPS) is 17.9. The minimum absolute atomic E-state index is 0.426. The lowest BCUT2D eigenvalue weighted by atomic mass is 10.0. The first-order valence-electron chi connectivity index (χ1n) is 6.30. The second-order valence-corrected chi connectivity index (χ2v) is 5.23. The van der Waals surface area contributed by atoms with Crippen LogP contribution in [-0.2, 0) is 11.2 Å². The second kappa shape index (κ2) is 5.72. The summed E-state index contributed by atoms with van der Waals surface area (Å²) in [6.07, 6.45) is 2.72. The fraction of sp³-hybridized carbons (Fsp3) is 0.500. The first-order chi connectivity index (χ1) is 8.59. The van der Waals surface area contributed by atoms with Crippen molar-refractivity contribution in [3.63, 3.8) is 0 Å². The SMILES string of the molecule is Cc1c(Cl)cccc1C[C@H](C(=O)O)N1CCCC1. The number of aliphatic carboxylic acids is 1. The molecule has 0 unspecified atom stereocenters. The summed E-state index contributed by atoms with van der Waals surface area (Å²) in [6, 6.07) is 5.26. The standard InChI is InChI=1S/C14H18ClNO2/c1-10-11(5-4-6-12(10)15)9-13(14(17)18)16-7-2-3-8-16/h4-6,13H,2-3,7-9H2,1H3,(H,17,18)/t13-/m1/s1. The molecule has 1 aliphatic rings. The maximum absolute atomic E-state index is 11.4. The van der Waals surface area contributed by atoms with Crippen molar-refractivity contribution in [1.29, 1.82) is 0 Å². The lowest BCUT2D eigenvalue weighted by molar-refractivity contribution is -0.142. The van der Waals surface area contributed by atoms with Crippen LogP contribution in [0, 0.1) is 6.92 Å². The number of halogens is 1. The number of carboxylic acid groups (broad SMARTS) is 1. The molecule has 0 saturated carbocycles. The second-order valence-electron chi connectivity index (χ2n) is 4.83. The van der Waals surface area contributed by atoms with Crippen LogP contribution in [0.15, 0.2) is 18.2 Å². The molecule has 1 saturated heterocycles. The lowest BCUT2D eigenvalue weighted by Gasteiger charge is -2.24. The van der Waals surface area contributed by atoms with Gasteiger partial charge in [-0.05, 0) is 56.5 Å². The number of carboxylic acids is 1. The summed E-state index contributed by atoms with van der Waals surface area (Å²) in [5, 5.41) is 10.1. The highest BCUT2D eigenvalue weighted by atomic mass is 35.5. The van der Waals surface area contributed by atoms with Crippen molar-refractivity contribution in [2.24, 2.45) is 0 Å². The van der Waals surface area contributed by atoms with Crippen molar-refractivity contribution in [3.8, 4) is 0 Å². The van der Waals surface area contributed by atoms with Crippen molar-refractivity contribution in [3.05, 3.63) is 34.3 Å². The third-order valence-corrected chi connectivity index (χ3v) is 4.07. The van der Waals surface area contributed by atoms with Gasteiger partial charge in [0.05, 0.1) is 0 Å². The van der Waals surface area contributed by atoms with Gasteiger partial charge in [-0.2, -0.15) is 0 Å². The fourth-order valence-electron chi connectivity index (χ4n) is 2.51. The molecule has 1 aliphatic heterocycles. The third kappa shape index (κ3) is 2.85. The molecular formula is C14H18ClNO2. The number of benzene rings is 1. The monoisotopic (exact) mass is 267 g/mol. The molecule has 1 N–H and O–H groups in total. The van der Waals surface area contributed by atoms with E-state index in [-0.39, 0.29) is 0 Å². The van der Waals surface area contributed by atoms with E-state index in [4.69, 9.17) is 11.6 Å². The zero-order chi connectivity index (χ0) is 13.1. The molecule has 0 amide bonds. The minimum Gasteiger partial charge on any atom is -0.480 e. The van der Waals surface area contributed by atoms with Crippen LogP contribution in [0.1, 0.15) is 24.0 Å². The highest BCUT2D eigenvalue weighted by Gasteiger charge is 2.28. The molecule has 0 bridgehead atoms. The molecule has 2 rings (SSSR count). The summed E-state index contributed by atoms with van der Waals surface area (Å²) in [7, 11) is 0. The van der Waals surface area contributed by atoms with Gasteiger partial charge in [0.15, 0.2) is 0 Å². The maximum atomic E-state index is 11.4. The number of carbonyl (C=O) groups is 1. The number of likely N-dealkylation sites (tertiary alicyclic amines) is 1. The van der Waals surface area contributed by atoms with Crippen molar-refractivity contribution in [1.82, 2.24) is 4.90 Å². The molecule has 4 heteroatoms. The molecular weight excluding hydrogens is 250 g/mol. The van der Waals surface area contributed by atoms with Gasteiger partial charge in [-0.25, -0.2) is 0 Å². The van der Waals surface area contributed by atoms with Crippen molar-refractivity contribution in [2.45, 2.75) is 32.2 Å². The van der Waals surface area contributed by atoms with E-state index in [1.165, 1.54) is 0 Å². The van der Waals surface area contributed by atoms with Gasteiger partial charge in [0, 0.05) is 5.02 Å². The molecule has 1 aromatic carbocycles. The molecule has 98 valence electrons. The van der Waals surface area contributed by atoms with E-state index >= 15 is 0 Å². The topological polar surface area (TPSA) is 40.5 Å². The van der Waals surface area contributed by atoms with Crippen LogP contribution in [0.25, 0.3) is 0 Å². The highest BCUT2D eigenvalue weighted by Crippen LogP contribution is 2.22. The molecule has 0 spiro atoms. The van der Waals surface area contributed by atoms with Gasteiger partial charge in [0.1, 0.15) is 6.04 Å². The smallest absolute Gasteiger partial charge is 0.321 e. The number of rotatable bonds is 4. The number of nitrogens with zero attached hydrogens (tertiary/aromatic N) is 1. The van der Waals surface area contributed by atoms with E-state index in [1.807, 2.05) is 25.1 Å². The van der Waals surface area contributed by atoms with Gasteiger partial charge in [-0.15, -0.1) is 0 Å². The van der Waals surface area contributed by atoms with E-state index in [0.29, 0.717) is 11.4 Å². The van der Waals surface area contributed by atoms with E-state index < -0.39 is 12.0 Å². The van der Waals surface area contributed by atoms with Crippen LogP contribution in [0.3, 0.4) is 0 Å². The van der Waals surface area contributed by atoms with Gasteiger partial charge in [0.2, 0.25) is 0 Å². The first-order valence-corrected chi connectivity index (χ1v) is 6.68. The van der Waals surface area contributed by atoms with Crippen LogP contribution in [-0.4, -0.2) is 35.1 Å². The summed E-state index contributed by atoms with van der Waals surface area (Å²) in [5.74, 6) is -0.740. The average Bonchev–Trinajstić information content (AvgIpc) is 2.84. The Kier molecular flexibility index (Phi) is 4.25. The van der Waals surface area contributed by atoms with Gasteiger partial charge < -0.3 is 5.11 Å². The summed E-state index contributed by atoms with van der Waals surface area (Å²) in [6.45, 7) is 3.72. The highest BCUT2D eigenvalue weighted by molar-refractivity contribution is 6.31. The minimum atomic E-state index is -0.740. The van der Waals surface area contributed by atoms with Crippen LogP contribution in [0.5, 0.6) is 0 Å². The number of hydrogen-bond donors (Lipinski definition) is 1. The molecule has 18 heavy (non-hydrogen) atoms. The van der Waals surface area contributed by atoms with Crippen molar-refractivity contribution < 1.29 is 9.90 Å². The molecule has 3 nitrogen and oxygen atoms in total. The Morgan fingerprint density at radius 1 is 1.44 bits per heavy atom. The first kappa shape index (κ1) is 13.4. The van der Waals surface area contributed by atoms with Crippen molar-refractivity contribution >= 4 is 17.6 Å². The molecule has 0 aromatic heterocycles. The van der Waals surface area contributed by atoms with Gasteiger partial charge >= 0.3 is 5.97 Å². The predicted molar refractivity (Wildman–Crippen MR) is 72.1 cm³/mol. The number of hydrogen-bond acceptors (Lipinski definition) is 2. The van der Waals surface area contributed by atoms with E-state index in [1.54, 1.807) is 0 Å². The van der Waals surface area contributed by atoms with Crippen molar-refractivity contribution in [2.75, 3.05) is 13.1 Å². The quantitative estimate of drug-likeness (QED) is 0.912. The van der Waals surface area contributed by atoms with Gasteiger partial charge in [0.25, 0.3) is 0 Å².